The summed E-state index contributed by atoms with van der Waals surface area (Å²) in [5.41, 5.74) is 1.18. The van der Waals surface area contributed by atoms with Crippen LogP contribution in [0.4, 0.5) is 0 Å². The molecule has 1 aliphatic heterocycles. The van der Waals surface area contributed by atoms with Crippen molar-refractivity contribution in [2.24, 2.45) is 0 Å². The van der Waals surface area contributed by atoms with E-state index in [9.17, 15) is 14.7 Å². The van der Waals surface area contributed by atoms with Gasteiger partial charge in [0.1, 0.15) is 11.5 Å². The van der Waals surface area contributed by atoms with E-state index in [4.69, 9.17) is 14.2 Å². The highest BCUT2D eigenvalue weighted by Crippen LogP contribution is 2.42. The van der Waals surface area contributed by atoms with Gasteiger partial charge in [-0.25, -0.2) is 0 Å². The van der Waals surface area contributed by atoms with Crippen LogP contribution < -0.4 is 14.2 Å². The van der Waals surface area contributed by atoms with Crippen molar-refractivity contribution in [1.29, 1.82) is 0 Å². The minimum atomic E-state index is -0.768. The molecule has 0 aromatic heterocycles. The van der Waals surface area contributed by atoms with E-state index in [1.54, 1.807) is 29.2 Å². The van der Waals surface area contributed by atoms with Crippen LogP contribution in [0.5, 0.6) is 17.2 Å². The van der Waals surface area contributed by atoms with Crippen LogP contribution in [0, 0.1) is 0 Å². The normalized spacial score (nSPS) is 16.6. The number of nitrogens with zero attached hydrogens (tertiary/aromatic N) is 2. The molecule has 1 heterocycles. The number of benzene rings is 2. The summed E-state index contributed by atoms with van der Waals surface area (Å²) in [6.45, 7) is 14.3. The number of aliphatic hydroxyl groups excluding tert-OH is 1. The van der Waals surface area contributed by atoms with E-state index in [0.717, 1.165) is 32.4 Å². The Morgan fingerprint density at radius 3 is 2.23 bits per heavy atom. The van der Waals surface area contributed by atoms with Gasteiger partial charge >= 0.3 is 0 Å². The fraction of sp³-hybridized carbons (Fsp3) is 0.500. The molecule has 1 saturated heterocycles. The van der Waals surface area contributed by atoms with E-state index in [-0.39, 0.29) is 11.3 Å². The van der Waals surface area contributed by atoms with Crippen LogP contribution in [0.3, 0.4) is 0 Å². The van der Waals surface area contributed by atoms with E-state index >= 15 is 0 Å². The number of likely N-dealkylation sites (tertiary alicyclic amines) is 1. The first kappa shape index (κ1) is 31.0. The number of ketones is 1. The van der Waals surface area contributed by atoms with Crippen molar-refractivity contribution in [2.75, 3.05) is 46.0 Å². The molecule has 1 amide bonds. The Bertz CT molecular complexity index is 1160. The minimum absolute atomic E-state index is 0.0638. The predicted octanol–water partition coefficient (Wildman–Crippen LogP) is 5.82. The molecule has 218 valence electrons. The van der Waals surface area contributed by atoms with Gasteiger partial charge in [-0.15, -0.1) is 0 Å². The van der Waals surface area contributed by atoms with Crippen LogP contribution >= 0.6 is 0 Å². The molecule has 2 aromatic rings. The lowest BCUT2D eigenvalue weighted by Gasteiger charge is -2.28. The molecule has 0 aliphatic carbocycles. The molecular weight excluding hydrogens is 508 g/mol. The summed E-state index contributed by atoms with van der Waals surface area (Å²) in [5, 5.41) is 11.4. The lowest BCUT2D eigenvalue weighted by Crippen LogP contribution is -2.38. The molecule has 1 aliphatic rings. The van der Waals surface area contributed by atoms with Gasteiger partial charge in [0.15, 0.2) is 11.5 Å². The average Bonchev–Trinajstić information content (AvgIpc) is 3.22. The van der Waals surface area contributed by atoms with Gasteiger partial charge in [-0.05, 0) is 74.8 Å². The van der Waals surface area contributed by atoms with Gasteiger partial charge in [-0.2, -0.15) is 0 Å². The number of amides is 1. The van der Waals surface area contributed by atoms with Gasteiger partial charge in [-0.3, -0.25) is 9.59 Å². The summed E-state index contributed by atoms with van der Waals surface area (Å²) in [6.07, 6.45) is 2.81. The average molecular weight is 553 g/mol. The highest BCUT2D eigenvalue weighted by molar-refractivity contribution is 6.46. The Hall–Kier alpha value is -3.52. The molecule has 2 aromatic carbocycles. The third-order valence-electron chi connectivity index (χ3n) is 7.03. The zero-order valence-electron chi connectivity index (χ0n) is 24.6. The summed E-state index contributed by atoms with van der Waals surface area (Å²) >= 11 is 0. The SMILES string of the molecule is CCCCOc1ccc(C2/C(=C(\O)c3ccc(OCCC)cc3)C(=O)C(=O)N2CCN(CC)CC)cc1OCC. The topological polar surface area (TPSA) is 88.5 Å². The molecule has 0 saturated carbocycles. The fourth-order valence-corrected chi connectivity index (χ4v) is 4.74. The number of likely N-dealkylation sites (N-methyl/N-ethyl adjacent to an activating group) is 1. The van der Waals surface area contributed by atoms with Crippen LogP contribution in [0.25, 0.3) is 5.76 Å². The molecule has 1 fully saturated rings. The Morgan fingerprint density at radius 1 is 0.875 bits per heavy atom. The molecule has 0 radical (unpaired) electrons. The van der Waals surface area contributed by atoms with E-state index in [1.807, 2.05) is 32.0 Å². The second-order valence-electron chi connectivity index (χ2n) is 9.73. The molecule has 3 rings (SSSR count). The number of Topliss-reactive ketones (excluding diaryl/α,β-unsaturated/α-hetero) is 1. The maximum atomic E-state index is 13.5. The highest BCUT2D eigenvalue weighted by Gasteiger charge is 2.46. The van der Waals surface area contributed by atoms with Gasteiger partial charge in [0.25, 0.3) is 11.7 Å². The van der Waals surface area contributed by atoms with E-state index < -0.39 is 17.7 Å². The molecular formula is C32H44N2O6. The number of hydrogen-bond donors (Lipinski definition) is 1. The molecule has 0 spiro atoms. The highest BCUT2D eigenvalue weighted by atomic mass is 16.5. The predicted molar refractivity (Wildman–Crippen MR) is 157 cm³/mol. The largest absolute Gasteiger partial charge is 0.507 e. The Morgan fingerprint density at radius 2 is 1.60 bits per heavy atom. The molecule has 40 heavy (non-hydrogen) atoms. The zero-order chi connectivity index (χ0) is 29.1. The zero-order valence-corrected chi connectivity index (χ0v) is 24.6. The van der Waals surface area contributed by atoms with Crippen molar-refractivity contribution < 1.29 is 28.9 Å². The van der Waals surface area contributed by atoms with Crippen LogP contribution in [-0.4, -0.2) is 72.6 Å². The molecule has 8 heteroatoms. The first-order valence-corrected chi connectivity index (χ1v) is 14.5. The number of hydrogen-bond acceptors (Lipinski definition) is 7. The maximum absolute atomic E-state index is 13.5. The van der Waals surface area contributed by atoms with Crippen molar-refractivity contribution in [2.45, 2.75) is 59.9 Å². The van der Waals surface area contributed by atoms with Gasteiger partial charge < -0.3 is 29.1 Å². The summed E-state index contributed by atoms with van der Waals surface area (Å²) in [5.74, 6) is 0.300. The van der Waals surface area contributed by atoms with Gasteiger partial charge in [0.2, 0.25) is 0 Å². The maximum Gasteiger partial charge on any atom is 0.295 e. The van der Waals surface area contributed by atoms with Crippen molar-refractivity contribution >= 4 is 17.4 Å². The third kappa shape index (κ3) is 7.36. The second kappa shape index (κ2) is 15.3. The van der Waals surface area contributed by atoms with Gasteiger partial charge in [0, 0.05) is 18.7 Å². The fourth-order valence-electron chi connectivity index (χ4n) is 4.74. The summed E-state index contributed by atoms with van der Waals surface area (Å²) < 4.78 is 17.5. The molecule has 0 bridgehead atoms. The van der Waals surface area contributed by atoms with E-state index in [1.165, 1.54) is 0 Å². The quantitative estimate of drug-likeness (QED) is 0.122. The second-order valence-corrected chi connectivity index (χ2v) is 9.73. The Kier molecular flexibility index (Phi) is 11.9. The Labute approximate surface area is 238 Å². The summed E-state index contributed by atoms with van der Waals surface area (Å²) in [4.78, 5) is 30.6. The van der Waals surface area contributed by atoms with E-state index in [0.29, 0.717) is 61.3 Å². The number of carbonyl (C=O) groups is 2. The van der Waals surface area contributed by atoms with Crippen LogP contribution in [0.2, 0.25) is 0 Å². The number of ether oxygens (including phenoxy) is 3. The monoisotopic (exact) mass is 552 g/mol. The lowest BCUT2D eigenvalue weighted by atomic mass is 9.95. The van der Waals surface area contributed by atoms with Crippen LogP contribution in [0.1, 0.15) is 71.0 Å². The lowest BCUT2D eigenvalue weighted by molar-refractivity contribution is -0.140. The standard InChI is InChI=1S/C32H44N2O6/c1-6-11-21-40-26-17-14-24(22-27(26)38-10-5)29-28(30(35)23-12-15-25(16-13-23)39-20-7-2)31(36)32(37)34(29)19-18-33(8-3)9-4/h12-17,22,29,35H,6-11,18-21H2,1-5H3/b30-28+. The minimum Gasteiger partial charge on any atom is -0.507 e. The smallest absolute Gasteiger partial charge is 0.295 e. The molecule has 1 atom stereocenters. The Balaban J connectivity index is 2.08. The summed E-state index contributed by atoms with van der Waals surface area (Å²) in [6, 6.07) is 11.6. The van der Waals surface area contributed by atoms with Crippen molar-refractivity contribution in [1.82, 2.24) is 9.80 Å². The summed E-state index contributed by atoms with van der Waals surface area (Å²) in [7, 11) is 0. The molecule has 1 N–H and O–H groups in total. The first-order chi connectivity index (χ1) is 19.4. The number of carbonyl (C=O) groups excluding carboxylic acids is 2. The van der Waals surface area contributed by atoms with Crippen molar-refractivity contribution in [3.8, 4) is 17.2 Å². The molecule has 8 nitrogen and oxygen atoms in total. The first-order valence-electron chi connectivity index (χ1n) is 14.5. The van der Waals surface area contributed by atoms with Crippen molar-refractivity contribution in [3.05, 3.63) is 59.2 Å². The molecule has 1 unspecified atom stereocenters. The number of rotatable bonds is 16. The third-order valence-corrected chi connectivity index (χ3v) is 7.03. The van der Waals surface area contributed by atoms with Gasteiger partial charge in [0.05, 0.1) is 31.4 Å². The number of aliphatic hydroxyl groups is 1. The van der Waals surface area contributed by atoms with Crippen LogP contribution in [0.15, 0.2) is 48.0 Å². The van der Waals surface area contributed by atoms with Crippen LogP contribution in [-0.2, 0) is 9.59 Å². The van der Waals surface area contributed by atoms with E-state index in [2.05, 4.69) is 25.7 Å². The van der Waals surface area contributed by atoms with Gasteiger partial charge in [-0.1, -0.05) is 40.2 Å². The number of unbranched alkanes of at least 4 members (excludes halogenated alkanes) is 1. The van der Waals surface area contributed by atoms with Crippen molar-refractivity contribution in [3.63, 3.8) is 0 Å².